The van der Waals surface area contributed by atoms with Gasteiger partial charge in [0.15, 0.2) is 12.4 Å². The van der Waals surface area contributed by atoms with E-state index < -0.39 is 22.4 Å². The van der Waals surface area contributed by atoms with E-state index >= 15 is 0 Å². The van der Waals surface area contributed by atoms with Crippen molar-refractivity contribution in [1.82, 2.24) is 5.43 Å². The molecular formula is C27H30N4O7. The van der Waals surface area contributed by atoms with Crippen LogP contribution < -0.4 is 10.2 Å². The molecule has 0 radical (unpaired) electrons. The van der Waals surface area contributed by atoms with Crippen molar-refractivity contribution in [3.63, 3.8) is 0 Å². The molecule has 3 rings (SSSR count). The Morgan fingerprint density at radius 2 is 1.68 bits per heavy atom. The molecule has 11 heteroatoms. The van der Waals surface area contributed by atoms with Gasteiger partial charge in [-0.15, -0.1) is 0 Å². The fourth-order valence-electron chi connectivity index (χ4n) is 4.38. The SMILES string of the molecule is CC(C)(C)CC(C)(C)c1ccc(OCC(=O)N/N=C\c2ccc(-c3ccccc3[N+](=O)[O-])o2)c([N+](=O)[O-])c1. The zero-order valence-electron chi connectivity index (χ0n) is 21.9. The molecule has 0 aliphatic heterocycles. The molecule has 1 heterocycles. The molecule has 38 heavy (non-hydrogen) atoms. The average molecular weight is 523 g/mol. The van der Waals surface area contributed by atoms with Crippen LogP contribution in [-0.4, -0.2) is 28.6 Å². The van der Waals surface area contributed by atoms with E-state index in [0.717, 1.165) is 12.0 Å². The van der Waals surface area contributed by atoms with Gasteiger partial charge in [0.25, 0.3) is 11.6 Å². The number of furan rings is 1. The third-order valence-electron chi connectivity index (χ3n) is 5.64. The van der Waals surface area contributed by atoms with Crippen molar-refractivity contribution in [1.29, 1.82) is 0 Å². The van der Waals surface area contributed by atoms with Crippen LogP contribution in [0.4, 0.5) is 11.4 Å². The maximum atomic E-state index is 12.2. The van der Waals surface area contributed by atoms with Gasteiger partial charge in [-0.25, -0.2) is 5.43 Å². The van der Waals surface area contributed by atoms with Gasteiger partial charge in [0, 0.05) is 12.1 Å². The number of para-hydroxylation sites is 1. The second-order valence-corrected chi connectivity index (χ2v) is 10.6. The number of nitrogens with one attached hydrogen (secondary N) is 1. The van der Waals surface area contributed by atoms with Crippen molar-refractivity contribution >= 4 is 23.5 Å². The third kappa shape index (κ3) is 7.25. The number of nitrogens with zero attached hydrogens (tertiary/aromatic N) is 3. The van der Waals surface area contributed by atoms with Gasteiger partial charge in [0.05, 0.1) is 21.6 Å². The van der Waals surface area contributed by atoms with Crippen LogP contribution in [0, 0.1) is 25.6 Å². The van der Waals surface area contributed by atoms with Gasteiger partial charge < -0.3 is 9.15 Å². The molecule has 3 aromatic rings. The fourth-order valence-corrected chi connectivity index (χ4v) is 4.38. The molecule has 1 N–H and O–H groups in total. The predicted octanol–water partition coefficient (Wildman–Crippen LogP) is 6.01. The van der Waals surface area contributed by atoms with E-state index in [2.05, 4.69) is 31.3 Å². The number of hydrogen-bond acceptors (Lipinski definition) is 8. The molecule has 0 aliphatic carbocycles. The van der Waals surface area contributed by atoms with Crippen molar-refractivity contribution in [2.45, 2.75) is 46.5 Å². The molecule has 11 nitrogen and oxygen atoms in total. The van der Waals surface area contributed by atoms with Crippen molar-refractivity contribution in [3.05, 3.63) is 86.1 Å². The average Bonchev–Trinajstić information content (AvgIpc) is 3.29. The highest BCUT2D eigenvalue weighted by atomic mass is 16.6. The summed E-state index contributed by atoms with van der Waals surface area (Å²) in [5.74, 6) is -0.138. The first-order valence-electron chi connectivity index (χ1n) is 11.8. The summed E-state index contributed by atoms with van der Waals surface area (Å²) in [6.45, 7) is 9.91. The zero-order valence-corrected chi connectivity index (χ0v) is 21.9. The van der Waals surface area contributed by atoms with Gasteiger partial charge in [0.1, 0.15) is 11.5 Å². The van der Waals surface area contributed by atoms with Crippen LogP contribution in [0.5, 0.6) is 5.75 Å². The lowest BCUT2D eigenvalue weighted by molar-refractivity contribution is -0.385. The summed E-state index contributed by atoms with van der Waals surface area (Å²) in [6.07, 6.45) is 2.04. The molecule has 0 spiro atoms. The number of carbonyl (C=O) groups is 1. The van der Waals surface area contributed by atoms with Gasteiger partial charge in [-0.1, -0.05) is 52.8 Å². The highest BCUT2D eigenvalue weighted by Gasteiger charge is 2.30. The molecular weight excluding hydrogens is 492 g/mol. The van der Waals surface area contributed by atoms with Gasteiger partial charge in [0.2, 0.25) is 0 Å². The van der Waals surface area contributed by atoms with Gasteiger partial charge in [-0.2, -0.15) is 5.10 Å². The van der Waals surface area contributed by atoms with Crippen LogP contribution in [-0.2, 0) is 10.2 Å². The molecule has 0 saturated carbocycles. The number of ether oxygens (including phenoxy) is 1. The number of hydrogen-bond donors (Lipinski definition) is 1. The minimum atomic E-state index is -0.641. The Morgan fingerprint density at radius 1 is 1.00 bits per heavy atom. The highest BCUT2D eigenvalue weighted by Crippen LogP contribution is 2.39. The zero-order chi connectivity index (χ0) is 28.1. The largest absolute Gasteiger partial charge is 0.477 e. The first-order chi connectivity index (χ1) is 17.8. The Balaban J connectivity index is 1.63. The Kier molecular flexibility index (Phi) is 8.29. The van der Waals surface area contributed by atoms with Crippen molar-refractivity contribution < 1.29 is 23.8 Å². The Bertz CT molecular complexity index is 1370. The number of rotatable bonds is 10. The quantitative estimate of drug-likeness (QED) is 0.195. The highest BCUT2D eigenvalue weighted by molar-refractivity contribution is 5.82. The number of amides is 1. The van der Waals surface area contributed by atoms with Crippen LogP contribution in [0.1, 0.15) is 52.4 Å². The lowest BCUT2D eigenvalue weighted by Gasteiger charge is -2.33. The molecule has 1 amide bonds. The smallest absolute Gasteiger partial charge is 0.311 e. The monoisotopic (exact) mass is 522 g/mol. The molecule has 200 valence electrons. The van der Waals surface area contributed by atoms with E-state index in [1.807, 2.05) is 13.8 Å². The van der Waals surface area contributed by atoms with E-state index in [-0.39, 0.29) is 39.5 Å². The summed E-state index contributed by atoms with van der Waals surface area (Å²) >= 11 is 0. The van der Waals surface area contributed by atoms with Crippen molar-refractivity contribution in [3.8, 4) is 17.1 Å². The minimum Gasteiger partial charge on any atom is -0.477 e. The summed E-state index contributed by atoms with van der Waals surface area (Å²) in [5.41, 5.74) is 2.78. The number of nitro benzene ring substituents is 2. The predicted molar refractivity (Wildman–Crippen MR) is 142 cm³/mol. The summed E-state index contributed by atoms with van der Waals surface area (Å²) in [4.78, 5) is 34.1. The van der Waals surface area contributed by atoms with Crippen LogP contribution in [0.25, 0.3) is 11.3 Å². The Hall–Kier alpha value is -4.54. The summed E-state index contributed by atoms with van der Waals surface area (Å²) in [7, 11) is 0. The summed E-state index contributed by atoms with van der Waals surface area (Å²) < 4.78 is 11.0. The summed E-state index contributed by atoms with van der Waals surface area (Å²) in [6, 6.07) is 14.0. The Labute approximate surface area is 219 Å². The second kappa shape index (κ2) is 11.2. The van der Waals surface area contributed by atoms with E-state index in [9.17, 15) is 25.0 Å². The maximum Gasteiger partial charge on any atom is 0.311 e. The Morgan fingerprint density at radius 3 is 2.34 bits per heavy atom. The van der Waals surface area contributed by atoms with E-state index in [1.165, 1.54) is 24.4 Å². The van der Waals surface area contributed by atoms with Crippen LogP contribution in [0.3, 0.4) is 0 Å². The normalized spacial score (nSPS) is 11.9. The van der Waals surface area contributed by atoms with E-state index in [0.29, 0.717) is 5.56 Å². The number of benzene rings is 2. The van der Waals surface area contributed by atoms with Crippen LogP contribution in [0.2, 0.25) is 0 Å². The van der Waals surface area contributed by atoms with Crippen LogP contribution >= 0.6 is 0 Å². The first kappa shape index (κ1) is 28.0. The second-order valence-electron chi connectivity index (χ2n) is 10.6. The lowest BCUT2D eigenvalue weighted by atomic mass is 9.72. The molecule has 0 atom stereocenters. The number of nitro groups is 2. The van der Waals surface area contributed by atoms with E-state index in [4.69, 9.17) is 9.15 Å². The third-order valence-corrected chi connectivity index (χ3v) is 5.64. The van der Waals surface area contributed by atoms with Gasteiger partial charge in [-0.3, -0.25) is 25.0 Å². The van der Waals surface area contributed by atoms with Crippen LogP contribution in [0.15, 0.2) is 64.1 Å². The molecule has 0 saturated heterocycles. The molecule has 0 bridgehead atoms. The molecule has 0 aliphatic rings. The number of hydrazone groups is 1. The summed E-state index contributed by atoms with van der Waals surface area (Å²) in [5, 5.41) is 26.7. The first-order valence-corrected chi connectivity index (χ1v) is 11.8. The standard InChI is InChI=1S/C27H30N4O7/c1-26(2,3)17-27(4,5)18-10-12-24(22(14-18)31(35)36)37-16-25(32)29-28-15-19-11-13-23(38-19)20-8-6-7-9-21(20)30(33)34/h6-15H,16-17H2,1-5H3,(H,29,32)/b28-15-. The van der Waals surface area contributed by atoms with E-state index in [1.54, 1.807) is 36.4 Å². The van der Waals surface area contributed by atoms with Crippen molar-refractivity contribution in [2.24, 2.45) is 10.5 Å². The molecule has 0 unspecified atom stereocenters. The van der Waals surface area contributed by atoms with Crippen molar-refractivity contribution in [2.75, 3.05) is 6.61 Å². The fraction of sp³-hybridized carbons (Fsp3) is 0.333. The molecule has 0 fully saturated rings. The van der Waals surface area contributed by atoms with Gasteiger partial charge in [-0.05, 0) is 47.1 Å². The molecule has 1 aromatic heterocycles. The lowest BCUT2D eigenvalue weighted by Crippen LogP contribution is -2.26. The maximum absolute atomic E-state index is 12.2. The number of carbonyl (C=O) groups excluding carboxylic acids is 1. The van der Waals surface area contributed by atoms with Gasteiger partial charge >= 0.3 is 5.69 Å². The topological polar surface area (TPSA) is 150 Å². The minimum absolute atomic E-state index is 0.0235. The molecule has 2 aromatic carbocycles.